The molecular formula is C16H24N2O3. The van der Waals surface area contributed by atoms with Gasteiger partial charge < -0.3 is 20.3 Å². The van der Waals surface area contributed by atoms with Gasteiger partial charge in [-0.25, -0.2) is 0 Å². The van der Waals surface area contributed by atoms with E-state index in [-0.39, 0.29) is 18.8 Å². The molecule has 0 spiro atoms. The number of nitriles is 1. The molecule has 0 fully saturated rings. The highest BCUT2D eigenvalue weighted by atomic mass is 16.5. The highest BCUT2D eigenvalue weighted by Gasteiger charge is 2.25. The summed E-state index contributed by atoms with van der Waals surface area (Å²) in [5.74, 6) is 0.471. The average Bonchev–Trinajstić information content (AvgIpc) is 2.55. The Morgan fingerprint density at radius 1 is 1.33 bits per heavy atom. The molecule has 0 saturated carbocycles. The second-order valence-electron chi connectivity index (χ2n) is 5.10. The molecule has 1 aromatic carbocycles. The van der Waals surface area contributed by atoms with E-state index in [1.54, 1.807) is 24.3 Å². The summed E-state index contributed by atoms with van der Waals surface area (Å²) in [5, 5.41) is 31.6. The number of hydrogen-bond donors (Lipinski definition) is 3. The largest absolute Gasteiger partial charge is 0.489 e. The maximum absolute atomic E-state index is 9.97. The van der Waals surface area contributed by atoms with Crippen molar-refractivity contribution in [3.8, 4) is 11.8 Å². The van der Waals surface area contributed by atoms with Crippen LogP contribution < -0.4 is 10.1 Å². The molecule has 0 aromatic heterocycles. The Kier molecular flexibility index (Phi) is 7.17. The lowest BCUT2D eigenvalue weighted by Gasteiger charge is -2.32. The molecule has 0 saturated heterocycles. The predicted octanol–water partition coefficient (Wildman–Crippen LogP) is 1.44. The van der Waals surface area contributed by atoms with Crippen molar-refractivity contribution in [2.45, 2.75) is 38.3 Å². The number of para-hydroxylation sites is 1. The molecule has 0 heterocycles. The van der Waals surface area contributed by atoms with Crippen LogP contribution in [0.25, 0.3) is 0 Å². The molecule has 1 aromatic rings. The van der Waals surface area contributed by atoms with E-state index in [2.05, 4.69) is 5.32 Å². The maximum atomic E-state index is 9.97. The predicted molar refractivity (Wildman–Crippen MR) is 81.1 cm³/mol. The van der Waals surface area contributed by atoms with Gasteiger partial charge in [0.25, 0.3) is 0 Å². The van der Waals surface area contributed by atoms with Gasteiger partial charge in [-0.1, -0.05) is 26.0 Å². The van der Waals surface area contributed by atoms with Gasteiger partial charge >= 0.3 is 0 Å². The number of hydrogen-bond acceptors (Lipinski definition) is 5. The summed E-state index contributed by atoms with van der Waals surface area (Å²) in [4.78, 5) is 0. The topological polar surface area (TPSA) is 85.5 Å². The van der Waals surface area contributed by atoms with Gasteiger partial charge in [-0.15, -0.1) is 0 Å². The molecule has 1 rings (SSSR count). The molecule has 0 amide bonds. The van der Waals surface area contributed by atoms with Crippen molar-refractivity contribution in [3.05, 3.63) is 29.8 Å². The minimum Gasteiger partial charge on any atom is -0.489 e. The molecule has 0 radical (unpaired) electrons. The molecule has 1 atom stereocenters. The minimum absolute atomic E-state index is 0.0326. The van der Waals surface area contributed by atoms with E-state index in [1.165, 1.54) is 0 Å². The summed E-state index contributed by atoms with van der Waals surface area (Å²) >= 11 is 0. The van der Waals surface area contributed by atoms with E-state index < -0.39 is 6.10 Å². The van der Waals surface area contributed by atoms with Gasteiger partial charge in [-0.2, -0.15) is 5.26 Å². The van der Waals surface area contributed by atoms with E-state index in [0.29, 0.717) is 17.9 Å². The van der Waals surface area contributed by atoms with Gasteiger partial charge in [-0.3, -0.25) is 0 Å². The first-order valence-electron chi connectivity index (χ1n) is 7.26. The monoisotopic (exact) mass is 292 g/mol. The summed E-state index contributed by atoms with van der Waals surface area (Å²) in [6.07, 6.45) is 0.858. The fraction of sp³-hybridized carbons (Fsp3) is 0.562. The van der Waals surface area contributed by atoms with Crippen molar-refractivity contribution in [2.24, 2.45) is 0 Å². The Bertz CT molecular complexity index is 459. The molecular weight excluding hydrogens is 268 g/mol. The standard InChI is InChI=1S/C16H24N2O3/c1-3-16(4-2,12-19)18-10-14(20)11-21-15-8-6-5-7-13(15)9-17/h5-8,14,18-20H,3-4,10-12H2,1-2H3. The number of ether oxygens (including phenoxy) is 1. The van der Waals surface area contributed by atoms with Crippen molar-refractivity contribution in [2.75, 3.05) is 19.8 Å². The number of benzene rings is 1. The summed E-state index contributed by atoms with van der Waals surface area (Å²) < 4.78 is 5.48. The van der Waals surface area contributed by atoms with Crippen LogP contribution in [0.15, 0.2) is 24.3 Å². The van der Waals surface area contributed by atoms with Gasteiger partial charge in [0.2, 0.25) is 0 Å². The lowest BCUT2D eigenvalue weighted by atomic mass is 9.94. The normalized spacial score (nSPS) is 12.7. The third-order valence-corrected chi connectivity index (χ3v) is 3.81. The van der Waals surface area contributed by atoms with Crippen molar-refractivity contribution >= 4 is 0 Å². The molecule has 21 heavy (non-hydrogen) atoms. The van der Waals surface area contributed by atoms with Crippen molar-refractivity contribution < 1.29 is 14.9 Å². The molecule has 116 valence electrons. The number of nitrogens with zero attached hydrogens (tertiary/aromatic N) is 1. The van der Waals surface area contributed by atoms with Gasteiger partial charge in [0.05, 0.1) is 12.2 Å². The average molecular weight is 292 g/mol. The maximum Gasteiger partial charge on any atom is 0.137 e. The van der Waals surface area contributed by atoms with Crippen LogP contribution in [0.1, 0.15) is 32.3 Å². The lowest BCUT2D eigenvalue weighted by Crippen LogP contribution is -2.50. The van der Waals surface area contributed by atoms with Crippen LogP contribution in [0, 0.1) is 11.3 Å². The van der Waals surface area contributed by atoms with Gasteiger partial charge in [0.15, 0.2) is 0 Å². The Morgan fingerprint density at radius 3 is 2.57 bits per heavy atom. The Hall–Kier alpha value is -1.61. The van der Waals surface area contributed by atoms with Crippen molar-refractivity contribution in [3.63, 3.8) is 0 Å². The van der Waals surface area contributed by atoms with Crippen LogP contribution in [-0.4, -0.2) is 41.6 Å². The van der Waals surface area contributed by atoms with E-state index in [1.807, 2.05) is 19.9 Å². The third kappa shape index (κ3) is 5.01. The number of rotatable bonds is 9. The van der Waals surface area contributed by atoms with Crippen molar-refractivity contribution in [1.82, 2.24) is 5.32 Å². The van der Waals surface area contributed by atoms with Gasteiger partial charge in [0.1, 0.15) is 24.5 Å². The molecule has 5 heteroatoms. The molecule has 5 nitrogen and oxygen atoms in total. The summed E-state index contributed by atoms with van der Waals surface area (Å²) in [7, 11) is 0. The lowest BCUT2D eigenvalue weighted by molar-refractivity contribution is 0.0812. The van der Waals surface area contributed by atoms with E-state index in [4.69, 9.17) is 10.00 Å². The van der Waals surface area contributed by atoms with Crippen LogP contribution in [0.5, 0.6) is 5.75 Å². The fourth-order valence-electron chi connectivity index (χ4n) is 2.04. The van der Waals surface area contributed by atoms with Crippen LogP contribution in [0.2, 0.25) is 0 Å². The first kappa shape index (κ1) is 17.4. The van der Waals surface area contributed by atoms with Crippen LogP contribution in [0.3, 0.4) is 0 Å². The smallest absolute Gasteiger partial charge is 0.137 e. The zero-order chi connectivity index (χ0) is 15.7. The molecule has 1 unspecified atom stereocenters. The van der Waals surface area contributed by atoms with E-state index in [9.17, 15) is 10.2 Å². The Labute approximate surface area is 126 Å². The van der Waals surface area contributed by atoms with Crippen LogP contribution in [0.4, 0.5) is 0 Å². The fourth-order valence-corrected chi connectivity index (χ4v) is 2.04. The molecule has 3 N–H and O–H groups in total. The zero-order valence-corrected chi connectivity index (χ0v) is 12.7. The number of β-amino-alcohol motifs (C(OH)–C–C–N with tert-alkyl or cyclic N) is 1. The molecule has 0 bridgehead atoms. The SMILES string of the molecule is CCC(CC)(CO)NCC(O)COc1ccccc1C#N. The summed E-state index contributed by atoms with van der Waals surface area (Å²) in [5.41, 5.74) is 0.0930. The van der Waals surface area contributed by atoms with Gasteiger partial charge in [0, 0.05) is 12.1 Å². The van der Waals surface area contributed by atoms with Gasteiger partial charge in [-0.05, 0) is 25.0 Å². The summed E-state index contributed by atoms with van der Waals surface area (Å²) in [6.45, 7) is 4.46. The van der Waals surface area contributed by atoms with E-state index in [0.717, 1.165) is 12.8 Å². The molecule has 0 aliphatic heterocycles. The van der Waals surface area contributed by atoms with E-state index >= 15 is 0 Å². The molecule has 0 aliphatic carbocycles. The third-order valence-electron chi connectivity index (χ3n) is 3.81. The van der Waals surface area contributed by atoms with Crippen LogP contribution in [-0.2, 0) is 0 Å². The second kappa shape index (κ2) is 8.63. The zero-order valence-electron chi connectivity index (χ0n) is 12.7. The number of aliphatic hydroxyl groups excluding tert-OH is 2. The number of aliphatic hydroxyl groups is 2. The summed E-state index contributed by atoms with van der Waals surface area (Å²) in [6, 6.07) is 8.97. The second-order valence-corrected chi connectivity index (χ2v) is 5.10. The first-order chi connectivity index (χ1) is 10.1. The Morgan fingerprint density at radius 2 is 2.00 bits per heavy atom. The highest BCUT2D eigenvalue weighted by Crippen LogP contribution is 2.17. The van der Waals surface area contributed by atoms with Crippen molar-refractivity contribution in [1.29, 1.82) is 5.26 Å². The molecule has 0 aliphatic rings. The minimum atomic E-state index is -0.708. The quantitative estimate of drug-likeness (QED) is 0.641. The highest BCUT2D eigenvalue weighted by molar-refractivity contribution is 5.42. The number of nitrogens with one attached hydrogen (secondary N) is 1. The van der Waals surface area contributed by atoms with Crippen LogP contribution >= 0.6 is 0 Å². The Balaban J connectivity index is 2.48. The first-order valence-corrected chi connectivity index (χ1v) is 7.26.